The molecule has 12 rings (SSSR count). The summed E-state index contributed by atoms with van der Waals surface area (Å²) in [5.41, 5.74) is 20.7. The first-order valence-corrected chi connectivity index (χ1v) is 19.0. The van der Waals surface area contributed by atoms with Crippen LogP contribution in [-0.4, -0.2) is 16.8 Å². The second kappa shape index (κ2) is 9.33. The molecule has 2 nitrogen and oxygen atoms in total. The molecule has 1 aromatic heterocycles. The first-order chi connectivity index (χ1) is 25.0. The van der Waals surface area contributed by atoms with E-state index in [4.69, 9.17) is 0 Å². The Hall–Kier alpha value is -5.28. The second-order valence-corrected chi connectivity index (χ2v) is 16.4. The third-order valence-electron chi connectivity index (χ3n) is 14.2. The number of anilines is 2. The molecule has 2 atom stereocenters. The molecule has 51 heavy (non-hydrogen) atoms. The molecular weight excluding hydrogens is 615 g/mol. The third kappa shape index (κ3) is 3.05. The lowest BCUT2D eigenvalue weighted by Gasteiger charge is -2.52. The van der Waals surface area contributed by atoms with Crippen molar-refractivity contribution in [3.8, 4) is 16.9 Å². The predicted molar refractivity (Wildman–Crippen MR) is 213 cm³/mol. The smallest absolute Gasteiger partial charge is 0.252 e. The third-order valence-corrected chi connectivity index (χ3v) is 14.2. The summed E-state index contributed by atoms with van der Waals surface area (Å²) in [6.45, 7) is 7.65. The van der Waals surface area contributed by atoms with Crippen LogP contribution in [0.15, 0.2) is 133 Å². The highest BCUT2D eigenvalue weighted by molar-refractivity contribution is 7.00. The van der Waals surface area contributed by atoms with Gasteiger partial charge in [-0.1, -0.05) is 141 Å². The van der Waals surface area contributed by atoms with Crippen molar-refractivity contribution in [2.24, 2.45) is 0 Å². The summed E-state index contributed by atoms with van der Waals surface area (Å²) < 4.78 is 2.71. The summed E-state index contributed by atoms with van der Waals surface area (Å²) in [4.78, 5) is 2.85. The van der Waals surface area contributed by atoms with Crippen molar-refractivity contribution in [2.45, 2.75) is 62.8 Å². The van der Waals surface area contributed by atoms with Crippen molar-refractivity contribution < 1.29 is 0 Å². The van der Waals surface area contributed by atoms with Crippen LogP contribution in [-0.2, 0) is 10.8 Å². The van der Waals surface area contributed by atoms with E-state index >= 15 is 0 Å². The topological polar surface area (TPSA) is 8.17 Å². The summed E-state index contributed by atoms with van der Waals surface area (Å²) in [5, 5.41) is 1.36. The van der Waals surface area contributed by atoms with Crippen molar-refractivity contribution in [3.05, 3.63) is 167 Å². The zero-order chi connectivity index (χ0) is 33.9. The molecule has 0 saturated heterocycles. The molecular formula is C48H39BN2. The fourth-order valence-corrected chi connectivity index (χ4v) is 12.1. The molecule has 0 amide bonds. The largest absolute Gasteiger partial charge is 0.335 e. The number of rotatable bonds is 2. The Bertz CT molecular complexity index is 2610. The molecule has 244 valence electrons. The summed E-state index contributed by atoms with van der Waals surface area (Å²) in [6.07, 6.45) is 5.06. The van der Waals surface area contributed by atoms with Gasteiger partial charge in [0.05, 0.1) is 16.6 Å². The molecule has 0 bridgehead atoms. The van der Waals surface area contributed by atoms with Gasteiger partial charge in [-0.2, -0.15) is 0 Å². The van der Waals surface area contributed by atoms with Crippen molar-refractivity contribution in [1.82, 2.24) is 4.57 Å². The summed E-state index contributed by atoms with van der Waals surface area (Å²) in [6, 6.07) is 51.4. The molecule has 1 saturated carbocycles. The monoisotopic (exact) mass is 654 g/mol. The minimum Gasteiger partial charge on any atom is -0.335 e. The molecule has 4 heterocycles. The molecule has 6 aromatic carbocycles. The van der Waals surface area contributed by atoms with Crippen molar-refractivity contribution >= 4 is 45.4 Å². The maximum Gasteiger partial charge on any atom is 0.252 e. The van der Waals surface area contributed by atoms with Crippen molar-refractivity contribution in [3.63, 3.8) is 0 Å². The fourth-order valence-electron chi connectivity index (χ4n) is 12.1. The van der Waals surface area contributed by atoms with Crippen LogP contribution in [0.3, 0.4) is 0 Å². The lowest BCUT2D eigenvalue weighted by Crippen LogP contribution is -2.64. The van der Waals surface area contributed by atoms with Crippen LogP contribution in [0, 0.1) is 6.92 Å². The first-order valence-electron chi connectivity index (χ1n) is 19.0. The highest BCUT2D eigenvalue weighted by Crippen LogP contribution is 2.63. The van der Waals surface area contributed by atoms with Gasteiger partial charge in [-0.15, -0.1) is 0 Å². The SMILES string of the molecule is Cc1cc2c3c(c1)-n1c4c(c5cccc(c51)B3c1cccc3c1N2C1(C)CCCCC31C)C(c1ccccc1)(c1ccccc1)c1ccccc1-4. The zero-order valence-corrected chi connectivity index (χ0v) is 29.5. The molecule has 0 spiro atoms. The molecule has 5 aliphatic rings. The minimum atomic E-state index is -0.455. The van der Waals surface area contributed by atoms with Gasteiger partial charge in [0.25, 0.3) is 6.71 Å². The second-order valence-electron chi connectivity index (χ2n) is 16.4. The van der Waals surface area contributed by atoms with Gasteiger partial charge in [0, 0.05) is 44.5 Å². The number of aryl methyl sites for hydroxylation is 1. The van der Waals surface area contributed by atoms with Gasteiger partial charge < -0.3 is 9.47 Å². The van der Waals surface area contributed by atoms with Crippen LogP contribution in [0.25, 0.3) is 27.8 Å². The van der Waals surface area contributed by atoms with Gasteiger partial charge in [-0.05, 0) is 83.0 Å². The van der Waals surface area contributed by atoms with Crippen LogP contribution in [0.4, 0.5) is 11.4 Å². The molecule has 3 heteroatoms. The number of benzene rings is 6. The highest BCUT2D eigenvalue weighted by atomic mass is 15.3. The summed E-state index contributed by atoms with van der Waals surface area (Å²) in [7, 11) is 0. The van der Waals surface area contributed by atoms with Gasteiger partial charge in [-0.25, -0.2) is 0 Å². The average molecular weight is 655 g/mol. The molecule has 3 aliphatic heterocycles. The van der Waals surface area contributed by atoms with E-state index in [9.17, 15) is 0 Å². The van der Waals surface area contributed by atoms with Crippen LogP contribution < -0.4 is 21.3 Å². The van der Waals surface area contributed by atoms with E-state index in [1.54, 1.807) is 5.56 Å². The van der Waals surface area contributed by atoms with Crippen molar-refractivity contribution in [2.75, 3.05) is 4.90 Å². The van der Waals surface area contributed by atoms with Gasteiger partial charge in [0.2, 0.25) is 0 Å². The standard InChI is InChI=1S/C48H39BN2/c1-30-28-39-42-40(29-30)51-45-36(46(2)26-12-13-27-47(46,51)3)23-15-25-38(45)49(42)37-24-14-21-34-41-44(50(39)43(34)37)33-20-10-11-22-35(33)48(41,31-16-6-4-7-17-31)32-18-8-5-9-19-32/h4-11,14-25,28-29H,12-13,26-27H2,1-3H3. The van der Waals surface area contributed by atoms with Crippen molar-refractivity contribution in [1.29, 1.82) is 0 Å². The first kappa shape index (κ1) is 28.4. The van der Waals surface area contributed by atoms with Crippen LogP contribution in [0.5, 0.6) is 0 Å². The maximum atomic E-state index is 2.85. The van der Waals surface area contributed by atoms with E-state index in [-0.39, 0.29) is 17.7 Å². The molecule has 7 aromatic rings. The predicted octanol–water partition coefficient (Wildman–Crippen LogP) is 9.19. The van der Waals surface area contributed by atoms with Gasteiger partial charge in [0.1, 0.15) is 0 Å². The van der Waals surface area contributed by atoms with Crippen LogP contribution in [0.2, 0.25) is 0 Å². The fraction of sp³-hybridized carbons (Fsp3) is 0.208. The molecule has 2 aliphatic carbocycles. The molecule has 0 radical (unpaired) electrons. The number of hydrogen-bond donors (Lipinski definition) is 0. The lowest BCUT2D eigenvalue weighted by molar-refractivity contribution is 0.195. The zero-order valence-electron chi connectivity index (χ0n) is 29.5. The quantitative estimate of drug-likeness (QED) is 0.169. The van der Waals surface area contributed by atoms with Crippen LogP contribution in [0.1, 0.15) is 72.9 Å². The molecule has 0 N–H and O–H groups in total. The number of fused-ring (bicyclic) bond motifs is 12. The summed E-state index contributed by atoms with van der Waals surface area (Å²) >= 11 is 0. The van der Waals surface area contributed by atoms with Gasteiger partial charge in [-0.3, -0.25) is 0 Å². The Kier molecular flexibility index (Phi) is 5.20. The number of aromatic nitrogens is 1. The van der Waals surface area contributed by atoms with E-state index in [1.807, 2.05) is 0 Å². The average Bonchev–Trinajstić information content (AvgIpc) is 3.74. The van der Waals surface area contributed by atoms with E-state index in [2.05, 4.69) is 164 Å². The maximum absolute atomic E-state index is 2.85. The van der Waals surface area contributed by atoms with E-state index in [0.717, 1.165) is 0 Å². The van der Waals surface area contributed by atoms with E-state index in [0.29, 0.717) is 0 Å². The number of para-hydroxylation sites is 2. The Morgan fingerprint density at radius 2 is 1.27 bits per heavy atom. The Morgan fingerprint density at radius 3 is 2.06 bits per heavy atom. The Labute approximate surface area is 300 Å². The molecule has 1 fully saturated rings. The minimum absolute atomic E-state index is 0.0313. The Morgan fingerprint density at radius 1 is 0.627 bits per heavy atom. The normalized spacial score (nSPS) is 22.3. The molecule has 2 unspecified atom stereocenters. The summed E-state index contributed by atoms with van der Waals surface area (Å²) in [5.74, 6) is 0. The Balaban J connectivity index is 1.27. The van der Waals surface area contributed by atoms with Gasteiger partial charge in [0.15, 0.2) is 0 Å². The lowest BCUT2D eigenvalue weighted by atomic mass is 9.33. The number of nitrogens with zero attached hydrogens (tertiary/aromatic N) is 2. The highest BCUT2D eigenvalue weighted by Gasteiger charge is 2.61. The number of hydrogen-bond acceptors (Lipinski definition) is 1. The van der Waals surface area contributed by atoms with Gasteiger partial charge >= 0.3 is 0 Å². The van der Waals surface area contributed by atoms with Crippen LogP contribution >= 0.6 is 0 Å². The van der Waals surface area contributed by atoms with E-state index in [1.165, 1.54) is 109 Å². The van der Waals surface area contributed by atoms with E-state index < -0.39 is 5.41 Å².